The predicted octanol–water partition coefficient (Wildman–Crippen LogP) is 4.47. The summed E-state index contributed by atoms with van der Waals surface area (Å²) in [5.74, 6) is -0.461. The van der Waals surface area contributed by atoms with Gasteiger partial charge in [-0.25, -0.2) is 4.39 Å². The molecule has 1 aliphatic rings. The Morgan fingerprint density at radius 3 is 2.91 bits per heavy atom. The van der Waals surface area contributed by atoms with E-state index in [-0.39, 0.29) is 5.02 Å². The summed E-state index contributed by atoms with van der Waals surface area (Å²) in [7, 11) is 0. The molecule has 0 aliphatic carbocycles. The third-order valence-corrected chi connectivity index (χ3v) is 4.08. The van der Waals surface area contributed by atoms with Gasteiger partial charge in [-0.2, -0.15) is 0 Å². The summed E-state index contributed by atoms with van der Waals surface area (Å²) < 4.78 is 13.2. The minimum atomic E-state index is -0.461. The van der Waals surface area contributed by atoms with E-state index in [1.165, 1.54) is 6.07 Å². The zero-order valence-electron chi connectivity index (χ0n) is 12.0. The fourth-order valence-electron chi connectivity index (χ4n) is 2.67. The largest absolute Gasteiger partial charge is 0.411 e. The van der Waals surface area contributed by atoms with Gasteiger partial charge in [0.2, 0.25) is 0 Å². The van der Waals surface area contributed by atoms with E-state index in [1.807, 2.05) is 25.3 Å². The second-order valence-corrected chi connectivity index (χ2v) is 5.65. The third-order valence-electron chi connectivity index (χ3n) is 3.79. The van der Waals surface area contributed by atoms with Gasteiger partial charge in [0.05, 0.1) is 16.4 Å². The molecule has 0 spiro atoms. The molecule has 0 saturated carbocycles. The van der Waals surface area contributed by atoms with E-state index >= 15 is 0 Å². The Labute approximate surface area is 132 Å². The first-order valence-corrected chi connectivity index (χ1v) is 7.28. The Bertz CT molecular complexity index is 799. The van der Waals surface area contributed by atoms with Crippen LogP contribution in [0.3, 0.4) is 0 Å². The lowest BCUT2D eigenvalue weighted by molar-refractivity contribution is 0.318. The van der Waals surface area contributed by atoms with Crippen LogP contribution in [0.2, 0.25) is 5.02 Å². The topological polar surface area (TPSA) is 45.0 Å². The quantitative estimate of drug-likeness (QED) is 0.507. The van der Waals surface area contributed by atoms with Crippen LogP contribution in [0.1, 0.15) is 22.3 Å². The molecular formula is C17H14ClFN2O. The van der Waals surface area contributed by atoms with Gasteiger partial charge in [-0.15, -0.1) is 0 Å². The molecule has 0 aromatic heterocycles. The second kappa shape index (κ2) is 5.89. The summed E-state index contributed by atoms with van der Waals surface area (Å²) in [4.78, 5) is 4.38. The predicted molar refractivity (Wildman–Crippen MR) is 86.5 cm³/mol. The molecule has 2 aromatic rings. The molecule has 0 bridgehead atoms. The molecule has 1 N–H and O–H groups in total. The average molecular weight is 317 g/mol. The maximum atomic E-state index is 13.2. The molecule has 1 heterocycles. The number of oxime groups is 1. The van der Waals surface area contributed by atoms with Crippen LogP contribution in [-0.2, 0) is 12.8 Å². The van der Waals surface area contributed by atoms with Crippen molar-refractivity contribution in [1.82, 2.24) is 0 Å². The minimum absolute atomic E-state index is 0.0623. The number of aliphatic imine (C=N–C) groups is 1. The van der Waals surface area contributed by atoms with Crippen molar-refractivity contribution in [2.75, 3.05) is 0 Å². The van der Waals surface area contributed by atoms with Crippen molar-refractivity contribution < 1.29 is 9.60 Å². The Balaban J connectivity index is 1.96. The zero-order valence-corrected chi connectivity index (χ0v) is 12.7. The molecule has 0 radical (unpaired) electrons. The Hall–Kier alpha value is -2.20. The summed E-state index contributed by atoms with van der Waals surface area (Å²) >= 11 is 5.80. The van der Waals surface area contributed by atoms with Gasteiger partial charge in [0.15, 0.2) is 0 Å². The number of rotatable bonds is 3. The number of benzene rings is 2. The van der Waals surface area contributed by atoms with Crippen LogP contribution < -0.4 is 0 Å². The zero-order chi connectivity index (χ0) is 15.7. The molecule has 3 nitrogen and oxygen atoms in total. The van der Waals surface area contributed by atoms with Crippen molar-refractivity contribution in [2.45, 2.75) is 19.8 Å². The molecule has 112 valence electrons. The first kappa shape index (κ1) is 14.7. The van der Waals surface area contributed by atoms with Crippen molar-refractivity contribution in [1.29, 1.82) is 0 Å². The van der Waals surface area contributed by atoms with Gasteiger partial charge in [-0.3, -0.25) is 4.99 Å². The summed E-state index contributed by atoms with van der Waals surface area (Å²) in [6.45, 7) is 2.00. The highest BCUT2D eigenvalue weighted by Gasteiger charge is 2.18. The third kappa shape index (κ3) is 2.62. The molecule has 22 heavy (non-hydrogen) atoms. The summed E-state index contributed by atoms with van der Waals surface area (Å²) in [6.07, 6.45) is 2.94. The van der Waals surface area contributed by atoms with Crippen LogP contribution >= 0.6 is 11.6 Å². The number of nitrogens with zero attached hydrogens (tertiary/aromatic N) is 2. The van der Waals surface area contributed by atoms with Crippen LogP contribution in [0.25, 0.3) is 0 Å². The van der Waals surface area contributed by atoms with Crippen molar-refractivity contribution >= 4 is 29.2 Å². The van der Waals surface area contributed by atoms with Crippen LogP contribution in [0.15, 0.2) is 40.5 Å². The Morgan fingerprint density at radius 2 is 2.18 bits per heavy atom. The van der Waals surface area contributed by atoms with E-state index in [2.05, 4.69) is 10.1 Å². The average Bonchev–Trinajstić information content (AvgIpc) is 3.00. The van der Waals surface area contributed by atoms with Gasteiger partial charge in [-0.1, -0.05) is 35.0 Å². The highest BCUT2D eigenvalue weighted by Crippen LogP contribution is 2.32. The van der Waals surface area contributed by atoms with Crippen molar-refractivity contribution in [3.8, 4) is 0 Å². The van der Waals surface area contributed by atoms with Crippen molar-refractivity contribution in [2.24, 2.45) is 10.1 Å². The van der Waals surface area contributed by atoms with Gasteiger partial charge in [0.25, 0.3) is 0 Å². The summed E-state index contributed by atoms with van der Waals surface area (Å²) in [6, 6.07) is 8.39. The highest BCUT2D eigenvalue weighted by molar-refractivity contribution is 6.30. The molecule has 0 amide bonds. The smallest absolute Gasteiger partial charge is 0.141 e. The van der Waals surface area contributed by atoms with E-state index in [1.54, 1.807) is 12.1 Å². The summed E-state index contributed by atoms with van der Waals surface area (Å²) in [5, 5.41) is 12.9. The molecule has 1 aliphatic heterocycles. The molecule has 0 atom stereocenters. The second-order valence-electron chi connectivity index (χ2n) is 5.24. The van der Waals surface area contributed by atoms with Gasteiger partial charge < -0.3 is 5.21 Å². The van der Waals surface area contributed by atoms with E-state index in [0.717, 1.165) is 34.4 Å². The van der Waals surface area contributed by atoms with Crippen molar-refractivity contribution in [3.63, 3.8) is 0 Å². The van der Waals surface area contributed by atoms with Crippen LogP contribution in [0, 0.1) is 12.7 Å². The lowest BCUT2D eigenvalue weighted by Gasteiger charge is -2.11. The number of hydrogen-bond acceptors (Lipinski definition) is 3. The highest BCUT2D eigenvalue weighted by atomic mass is 35.5. The SMILES string of the molecule is Cc1ccc(/C(Cc2ccc(F)c(Cl)c2)=N/O)c2c1N=CC2. The molecule has 0 saturated heterocycles. The maximum absolute atomic E-state index is 13.2. The Morgan fingerprint density at radius 1 is 1.36 bits per heavy atom. The lowest BCUT2D eigenvalue weighted by atomic mass is 9.94. The molecule has 3 rings (SSSR count). The number of aryl methyl sites for hydroxylation is 1. The van der Waals surface area contributed by atoms with Crippen molar-refractivity contribution in [3.05, 3.63) is 63.4 Å². The van der Waals surface area contributed by atoms with Crippen LogP contribution in [0.4, 0.5) is 10.1 Å². The molecule has 5 heteroatoms. The minimum Gasteiger partial charge on any atom is -0.411 e. The van der Waals surface area contributed by atoms with Crippen LogP contribution in [0.5, 0.6) is 0 Å². The molecule has 0 fully saturated rings. The van der Waals surface area contributed by atoms with E-state index in [4.69, 9.17) is 11.6 Å². The van der Waals surface area contributed by atoms with Gasteiger partial charge >= 0.3 is 0 Å². The van der Waals surface area contributed by atoms with Gasteiger partial charge in [0, 0.05) is 24.6 Å². The first-order chi connectivity index (χ1) is 10.6. The first-order valence-electron chi connectivity index (χ1n) is 6.90. The normalized spacial score (nSPS) is 13.5. The lowest BCUT2D eigenvalue weighted by Crippen LogP contribution is -2.09. The van der Waals surface area contributed by atoms with E-state index in [0.29, 0.717) is 12.1 Å². The van der Waals surface area contributed by atoms with Crippen LogP contribution in [-0.4, -0.2) is 17.1 Å². The summed E-state index contributed by atoms with van der Waals surface area (Å²) in [5.41, 5.74) is 5.25. The fraction of sp³-hybridized carbons (Fsp3) is 0.176. The number of hydrogen-bond donors (Lipinski definition) is 1. The number of fused-ring (bicyclic) bond motifs is 1. The maximum Gasteiger partial charge on any atom is 0.141 e. The van der Waals surface area contributed by atoms with E-state index in [9.17, 15) is 9.60 Å². The van der Waals surface area contributed by atoms with Gasteiger partial charge in [0.1, 0.15) is 5.82 Å². The van der Waals surface area contributed by atoms with E-state index < -0.39 is 5.82 Å². The molecular weight excluding hydrogens is 303 g/mol. The molecule has 2 aromatic carbocycles. The standard InChI is InChI=1S/C17H14ClFN2O/c1-10-2-4-12(13-6-7-20-17(10)13)16(21-22)9-11-3-5-15(19)14(18)8-11/h2-5,7-8,22H,6,9H2,1H3/b21-16+. The molecule has 0 unspecified atom stereocenters. The van der Waals surface area contributed by atoms with Gasteiger partial charge in [-0.05, 0) is 35.7 Å². The Kier molecular flexibility index (Phi) is 3.94. The monoisotopic (exact) mass is 316 g/mol. The fourth-order valence-corrected chi connectivity index (χ4v) is 2.87. The number of halogens is 2.